The van der Waals surface area contributed by atoms with Crippen molar-refractivity contribution in [3.05, 3.63) is 166 Å². The molecule has 2 saturated carbocycles. The molecule has 4 fully saturated rings. The molecular weight excluding hydrogens is 1100 g/mol. The average molecular weight is 1160 g/mol. The molecule has 6 aromatic carbocycles. The Morgan fingerprint density at radius 1 is 0.419 bits per heavy atom. The fourth-order valence-corrected chi connectivity index (χ4v) is 11.3. The number of aryl methyl sites for hydroxylation is 2. The fraction of sp³-hybridized carbons (Fsp3) is 0.414. The zero-order valence-electron chi connectivity index (χ0n) is 37.1. The van der Waals surface area contributed by atoms with E-state index in [4.69, 9.17) is 9.47 Å². The summed E-state index contributed by atoms with van der Waals surface area (Å²) in [5, 5.41) is 5.60. The molecule has 0 amide bonds. The minimum absolute atomic E-state index is 0. The van der Waals surface area contributed by atoms with Crippen molar-refractivity contribution in [2.45, 2.75) is 104 Å². The number of hydrogen-bond acceptors (Lipinski definition) is 2. The smallest absolute Gasteiger partial charge is 0 e. The van der Waals surface area contributed by atoms with E-state index >= 15 is 0 Å². The monoisotopic (exact) mass is 1160 g/mol. The first-order valence-corrected chi connectivity index (χ1v) is 23.5. The van der Waals surface area contributed by atoms with Crippen LogP contribution in [0.3, 0.4) is 0 Å². The van der Waals surface area contributed by atoms with Crippen LogP contribution in [0.1, 0.15) is 95.9 Å². The van der Waals surface area contributed by atoms with E-state index in [2.05, 4.69) is 123 Å². The molecule has 2 nitrogen and oxygen atoms in total. The van der Waals surface area contributed by atoms with E-state index in [0.717, 1.165) is 62.9 Å². The molecule has 4 aliphatic rings. The van der Waals surface area contributed by atoms with E-state index in [9.17, 15) is 0 Å². The van der Waals surface area contributed by atoms with E-state index in [-0.39, 0.29) is 42.1 Å². The van der Waals surface area contributed by atoms with Crippen LogP contribution in [0.25, 0.3) is 32.7 Å². The molecule has 0 aromatic heterocycles. The molecule has 322 valence electrons. The summed E-state index contributed by atoms with van der Waals surface area (Å²) in [5.74, 6) is 6.14. The van der Waals surface area contributed by atoms with Gasteiger partial charge in [0.1, 0.15) is 0 Å². The van der Waals surface area contributed by atoms with Crippen molar-refractivity contribution in [1.82, 2.24) is 0 Å². The van der Waals surface area contributed by atoms with E-state index < -0.39 is 0 Å². The zero-order chi connectivity index (χ0) is 40.4. The van der Waals surface area contributed by atoms with Gasteiger partial charge in [-0.25, -0.2) is 0 Å². The summed E-state index contributed by atoms with van der Waals surface area (Å²) >= 11 is 0. The van der Waals surface area contributed by atoms with Gasteiger partial charge in [0.25, 0.3) is 0 Å². The van der Waals surface area contributed by atoms with E-state index in [0.29, 0.717) is 0 Å². The number of fused-ring (bicyclic) bond motifs is 2. The third-order valence-electron chi connectivity index (χ3n) is 14.9. The van der Waals surface area contributed by atoms with Gasteiger partial charge in [0.15, 0.2) is 0 Å². The zero-order valence-corrected chi connectivity index (χ0v) is 42.9. The van der Waals surface area contributed by atoms with Gasteiger partial charge in [0.2, 0.25) is 0 Å². The van der Waals surface area contributed by atoms with Crippen LogP contribution in [0.5, 0.6) is 0 Å². The Hall–Kier alpha value is -2.86. The number of ether oxygens (including phenoxy) is 2. The van der Waals surface area contributed by atoms with Gasteiger partial charge in [0.05, 0.1) is 0 Å². The minimum atomic E-state index is 0. The van der Waals surface area contributed by atoms with Crippen molar-refractivity contribution in [2.24, 2.45) is 23.7 Å². The van der Waals surface area contributed by atoms with Crippen LogP contribution in [0.4, 0.5) is 0 Å². The molecule has 62 heavy (non-hydrogen) atoms. The maximum Gasteiger partial charge on any atom is 0 e. The summed E-state index contributed by atoms with van der Waals surface area (Å²) in [6.45, 7) is 7.89. The maximum atomic E-state index is 5.37. The normalized spacial score (nSPS) is 21.8. The molecule has 2 heterocycles. The Morgan fingerprint density at radius 2 is 0.855 bits per heavy atom. The van der Waals surface area contributed by atoms with Crippen LogP contribution in [0.2, 0.25) is 0 Å². The number of benzene rings is 6. The molecule has 2 saturated heterocycles. The summed E-state index contributed by atoms with van der Waals surface area (Å²) in [7, 11) is 0. The Morgan fingerprint density at radius 3 is 1.34 bits per heavy atom. The molecule has 0 N–H and O–H groups in total. The molecule has 2 aliphatic carbocycles. The molecule has 2 aliphatic heterocycles. The molecule has 4 heteroatoms. The summed E-state index contributed by atoms with van der Waals surface area (Å²) in [4.78, 5) is 0. The first-order chi connectivity index (χ1) is 29.4. The van der Waals surface area contributed by atoms with Crippen molar-refractivity contribution < 1.29 is 51.6 Å². The summed E-state index contributed by atoms with van der Waals surface area (Å²) in [6.07, 6.45) is 17.7. The van der Waals surface area contributed by atoms with Gasteiger partial charge in [-0.15, -0.1) is 12.8 Å². The van der Waals surface area contributed by atoms with Crippen LogP contribution in [0.15, 0.2) is 109 Å². The standard InChI is InChI=1S/C58H64O2.2W/c1-39-4-24-56-52(25-39)21-22-53(32-48-19-17-44(18-20-48)28-43-9-15-47(16-10-43)31-51-37-60-38-51)58(56)57-34-49(33-54-26-40(2)3-23-55(54)57)29-45-11-5-41(6-12-45)27-42-7-13-46(14-8-42)30-50-35-59-36-50;;/h3-4,7-10,13-16,21-26,33-34,41,44-45,48H,5-6,11-12,17-20,27-32,35-38H2,1-2H3;;/q-2;;. The topological polar surface area (TPSA) is 18.5 Å². The second-order valence-corrected chi connectivity index (χ2v) is 19.8. The van der Waals surface area contributed by atoms with E-state index in [1.807, 2.05) is 0 Å². The van der Waals surface area contributed by atoms with Crippen LogP contribution in [0, 0.1) is 49.4 Å². The molecule has 0 unspecified atom stereocenters. The van der Waals surface area contributed by atoms with Gasteiger partial charge >= 0.3 is 0 Å². The third-order valence-corrected chi connectivity index (χ3v) is 14.9. The van der Waals surface area contributed by atoms with Gasteiger partial charge in [-0.3, -0.25) is 11.8 Å². The maximum absolute atomic E-state index is 5.37. The van der Waals surface area contributed by atoms with Crippen LogP contribution >= 0.6 is 0 Å². The van der Waals surface area contributed by atoms with Gasteiger partial charge in [-0.2, -0.15) is 0 Å². The SMILES string of the molecule is Cc1ccc2c(-c3c(CC4CCC(Cc5ccc(C[C-]6COC6)cc5)CC4)ccc4cc(C)ccc34)cc(CC3CCC(Cc4ccc(C[C-]5COC5)cc4)CC3)cc2c1.[W].[W]. The predicted molar refractivity (Wildman–Crippen MR) is 250 cm³/mol. The largest absolute Gasteiger partial charge is 0.444 e. The van der Waals surface area contributed by atoms with Crippen LogP contribution < -0.4 is 0 Å². The predicted octanol–water partition coefficient (Wildman–Crippen LogP) is 13.7. The average Bonchev–Trinajstić information content (AvgIpc) is 3.23. The summed E-state index contributed by atoms with van der Waals surface area (Å²) < 4.78 is 10.7. The second-order valence-electron chi connectivity index (χ2n) is 19.8. The Kier molecular flexibility index (Phi) is 15.5. The first kappa shape index (κ1) is 45.7. The third kappa shape index (κ3) is 11.0. The van der Waals surface area contributed by atoms with Crippen LogP contribution in [-0.2, 0) is 90.1 Å². The fourth-order valence-electron chi connectivity index (χ4n) is 11.3. The number of hydrogen-bond donors (Lipinski definition) is 0. The van der Waals surface area contributed by atoms with Crippen molar-refractivity contribution >= 4 is 21.5 Å². The summed E-state index contributed by atoms with van der Waals surface area (Å²) in [5.41, 5.74) is 14.6. The molecule has 0 spiro atoms. The molecule has 0 bridgehead atoms. The van der Waals surface area contributed by atoms with Gasteiger partial charge < -0.3 is 9.47 Å². The second kappa shape index (κ2) is 21.0. The molecule has 10 rings (SSSR count). The van der Waals surface area contributed by atoms with Crippen molar-refractivity contribution in [1.29, 1.82) is 0 Å². The Balaban J connectivity index is 0.00000264. The van der Waals surface area contributed by atoms with Crippen LogP contribution in [-0.4, -0.2) is 26.4 Å². The Labute approximate surface area is 400 Å². The van der Waals surface area contributed by atoms with E-state index in [1.165, 1.54) is 161 Å². The number of rotatable bonds is 13. The van der Waals surface area contributed by atoms with Crippen molar-refractivity contribution in [3.63, 3.8) is 0 Å². The molecule has 0 radical (unpaired) electrons. The van der Waals surface area contributed by atoms with Gasteiger partial charge in [0, 0.05) is 42.1 Å². The molecule has 0 atom stereocenters. The molecule has 6 aromatic rings. The minimum Gasteiger partial charge on any atom is -0.444 e. The quantitative estimate of drug-likeness (QED) is 0.107. The summed E-state index contributed by atoms with van der Waals surface area (Å²) in [6, 6.07) is 43.4. The molecular formula is C58H64O2W2-2. The van der Waals surface area contributed by atoms with Gasteiger partial charge in [-0.1, -0.05) is 158 Å². The van der Waals surface area contributed by atoms with E-state index in [1.54, 1.807) is 5.56 Å². The van der Waals surface area contributed by atoms with Gasteiger partial charge in [-0.05, 0) is 169 Å². The Bertz CT molecular complexity index is 2390. The first-order valence-electron chi connectivity index (χ1n) is 23.5. The van der Waals surface area contributed by atoms with Crippen molar-refractivity contribution in [3.8, 4) is 11.1 Å². The van der Waals surface area contributed by atoms with Crippen molar-refractivity contribution in [2.75, 3.05) is 26.4 Å².